The molecule has 16 heavy (non-hydrogen) atoms. The Morgan fingerprint density at radius 1 is 0.875 bits per heavy atom. The third kappa shape index (κ3) is 2.52. The maximum absolute atomic E-state index is 5.97. The Hall–Kier alpha value is -0.690. The molecule has 2 aromatic carbocycles. The van der Waals surface area contributed by atoms with Crippen LogP contribution in [0.2, 0.25) is 0 Å². The Labute approximate surface area is 109 Å². The van der Waals surface area contributed by atoms with Crippen LogP contribution in [0, 0.1) is 0 Å². The van der Waals surface area contributed by atoms with Gasteiger partial charge >= 0.3 is 0 Å². The highest BCUT2D eigenvalue weighted by Crippen LogP contribution is 2.26. The Morgan fingerprint density at radius 2 is 1.56 bits per heavy atom. The number of hydrogen-bond donors (Lipinski definition) is 0. The van der Waals surface area contributed by atoms with Gasteiger partial charge in [-0.25, -0.2) is 0 Å². The molecular weight excluding hydrogens is 263 g/mol. The molecule has 0 N–H and O–H groups in total. The summed E-state index contributed by atoms with van der Waals surface area (Å²) in [5.74, 6) is 0. The molecule has 0 aliphatic rings. The lowest BCUT2D eigenvalue weighted by atomic mass is 10.0. The van der Waals surface area contributed by atoms with Gasteiger partial charge in [-0.3, -0.25) is 0 Å². The maximum atomic E-state index is 5.97. The summed E-state index contributed by atoms with van der Waals surface area (Å²) < 4.78 is 0.134. The van der Waals surface area contributed by atoms with E-state index in [1.54, 1.807) is 0 Å². The molecule has 0 bridgehead atoms. The van der Waals surface area contributed by atoms with Gasteiger partial charge < -0.3 is 0 Å². The molecule has 0 aromatic heterocycles. The van der Waals surface area contributed by atoms with Gasteiger partial charge in [0.25, 0.3) is 0 Å². The summed E-state index contributed by atoms with van der Waals surface area (Å²) in [7, 11) is 0. The molecular formula is C13H9Cl3. The first-order chi connectivity index (χ1) is 7.68. The van der Waals surface area contributed by atoms with Gasteiger partial charge in [0.2, 0.25) is 0 Å². The second-order valence-corrected chi connectivity index (χ2v) is 4.89. The zero-order chi connectivity index (χ0) is 11.5. The first-order valence-corrected chi connectivity index (χ1v) is 5.98. The normalized spacial score (nSPS) is 10.4. The average molecular weight is 272 g/mol. The predicted molar refractivity (Wildman–Crippen MR) is 72.2 cm³/mol. The zero-order valence-corrected chi connectivity index (χ0v) is 10.7. The van der Waals surface area contributed by atoms with Crippen molar-refractivity contribution in [1.29, 1.82) is 0 Å². The van der Waals surface area contributed by atoms with Crippen LogP contribution in [0.1, 0.15) is 5.56 Å². The van der Waals surface area contributed by atoms with Gasteiger partial charge in [0, 0.05) is 6.42 Å². The predicted octanol–water partition coefficient (Wildman–Crippen LogP) is 5.27. The Balaban J connectivity index is 2.49. The van der Waals surface area contributed by atoms with Crippen LogP contribution in [0.15, 0.2) is 52.0 Å². The average Bonchev–Trinajstić information content (AvgIpc) is 2.29. The molecule has 2 rings (SSSR count). The van der Waals surface area contributed by atoms with Crippen molar-refractivity contribution in [2.75, 3.05) is 0 Å². The smallest absolute Gasteiger partial charge is 0.0862 e. The van der Waals surface area contributed by atoms with Crippen molar-refractivity contribution in [3.05, 3.63) is 57.6 Å². The highest BCUT2D eigenvalue weighted by molar-refractivity contribution is 6.59. The van der Waals surface area contributed by atoms with E-state index in [0.717, 1.165) is 5.56 Å². The van der Waals surface area contributed by atoms with E-state index in [2.05, 4.69) is 18.2 Å². The van der Waals surface area contributed by atoms with E-state index in [9.17, 15) is 0 Å². The van der Waals surface area contributed by atoms with Gasteiger partial charge in [-0.05, 0) is 16.3 Å². The third-order valence-electron chi connectivity index (χ3n) is 2.43. The van der Waals surface area contributed by atoms with Crippen molar-refractivity contribution in [2.24, 2.45) is 0 Å². The van der Waals surface area contributed by atoms with Crippen LogP contribution in [-0.4, -0.2) is 0 Å². The fraction of sp³-hybridized carbons (Fsp3) is 0.0769. The van der Waals surface area contributed by atoms with Gasteiger partial charge in [-0.1, -0.05) is 77.3 Å². The minimum Gasteiger partial charge on any atom is -0.0862 e. The molecule has 0 aliphatic carbocycles. The van der Waals surface area contributed by atoms with Gasteiger partial charge in [0.15, 0.2) is 0 Å². The molecule has 3 heteroatoms. The van der Waals surface area contributed by atoms with Gasteiger partial charge in [0.05, 0.1) is 5.03 Å². The second kappa shape index (κ2) is 5.09. The lowest BCUT2D eigenvalue weighted by Gasteiger charge is -2.05. The molecule has 0 amide bonds. The SMILES string of the molecule is ClC(Cl)=C(Cl)Cc1cccc2ccccc12. The van der Waals surface area contributed by atoms with Gasteiger partial charge in [-0.15, -0.1) is 0 Å². The molecule has 0 nitrogen and oxygen atoms in total. The van der Waals surface area contributed by atoms with Crippen molar-refractivity contribution in [2.45, 2.75) is 6.42 Å². The zero-order valence-electron chi connectivity index (χ0n) is 8.38. The first kappa shape index (κ1) is 11.8. The third-order valence-corrected chi connectivity index (χ3v) is 3.40. The van der Waals surface area contributed by atoms with Crippen LogP contribution >= 0.6 is 34.8 Å². The number of halogens is 3. The molecule has 0 saturated carbocycles. The first-order valence-electron chi connectivity index (χ1n) is 4.85. The molecule has 0 fully saturated rings. The van der Waals surface area contributed by atoms with Gasteiger partial charge in [0.1, 0.15) is 4.49 Å². The quantitative estimate of drug-likeness (QED) is 0.698. The van der Waals surface area contributed by atoms with Crippen molar-refractivity contribution < 1.29 is 0 Å². The fourth-order valence-electron chi connectivity index (χ4n) is 1.68. The Kier molecular flexibility index (Phi) is 3.75. The lowest BCUT2D eigenvalue weighted by Crippen LogP contribution is -1.87. The standard InChI is InChI=1S/C13H9Cl3/c14-12(13(15)16)8-10-6-3-5-9-4-1-2-7-11(9)10/h1-7H,8H2. The monoisotopic (exact) mass is 270 g/mol. The van der Waals surface area contributed by atoms with E-state index >= 15 is 0 Å². The number of rotatable bonds is 2. The van der Waals surface area contributed by atoms with E-state index in [0.29, 0.717) is 11.5 Å². The molecule has 82 valence electrons. The van der Waals surface area contributed by atoms with Crippen LogP contribution in [0.5, 0.6) is 0 Å². The van der Waals surface area contributed by atoms with E-state index in [1.165, 1.54) is 10.8 Å². The number of fused-ring (bicyclic) bond motifs is 1. The lowest BCUT2D eigenvalue weighted by molar-refractivity contribution is 1.27. The van der Waals surface area contributed by atoms with E-state index in [-0.39, 0.29) is 4.49 Å². The van der Waals surface area contributed by atoms with Crippen molar-refractivity contribution in [3.63, 3.8) is 0 Å². The summed E-state index contributed by atoms with van der Waals surface area (Å²) >= 11 is 17.3. The summed E-state index contributed by atoms with van der Waals surface area (Å²) in [5, 5.41) is 2.84. The van der Waals surface area contributed by atoms with Crippen molar-refractivity contribution >= 4 is 45.6 Å². The van der Waals surface area contributed by atoms with Crippen LogP contribution in [0.25, 0.3) is 10.8 Å². The Bertz CT molecular complexity index is 534. The molecule has 0 atom stereocenters. The summed E-state index contributed by atoms with van der Waals surface area (Å²) in [5.41, 5.74) is 1.13. The van der Waals surface area contributed by atoms with Crippen LogP contribution < -0.4 is 0 Å². The van der Waals surface area contributed by atoms with E-state index < -0.39 is 0 Å². The number of allylic oxidation sites excluding steroid dienone is 1. The molecule has 0 radical (unpaired) electrons. The molecule has 2 aromatic rings. The summed E-state index contributed by atoms with van der Waals surface area (Å²) in [6.07, 6.45) is 0.561. The number of benzene rings is 2. The minimum atomic E-state index is 0.134. The molecule has 0 unspecified atom stereocenters. The molecule has 0 saturated heterocycles. The topological polar surface area (TPSA) is 0 Å². The van der Waals surface area contributed by atoms with Crippen molar-refractivity contribution in [1.82, 2.24) is 0 Å². The second-order valence-electron chi connectivity index (χ2n) is 3.48. The van der Waals surface area contributed by atoms with E-state index in [1.807, 2.05) is 24.3 Å². The largest absolute Gasteiger partial charge is 0.121 e. The minimum absolute atomic E-state index is 0.134. The van der Waals surface area contributed by atoms with Gasteiger partial charge in [-0.2, -0.15) is 0 Å². The number of hydrogen-bond acceptors (Lipinski definition) is 0. The Morgan fingerprint density at radius 3 is 2.31 bits per heavy atom. The maximum Gasteiger partial charge on any atom is 0.121 e. The summed E-state index contributed by atoms with van der Waals surface area (Å²) in [6, 6.07) is 14.3. The molecule has 0 spiro atoms. The van der Waals surface area contributed by atoms with Crippen molar-refractivity contribution in [3.8, 4) is 0 Å². The molecule has 0 aliphatic heterocycles. The highest BCUT2D eigenvalue weighted by atomic mass is 35.5. The fourth-order valence-corrected chi connectivity index (χ4v) is 1.96. The molecule has 0 heterocycles. The van der Waals surface area contributed by atoms with Crippen LogP contribution in [0.4, 0.5) is 0 Å². The van der Waals surface area contributed by atoms with Crippen LogP contribution in [0.3, 0.4) is 0 Å². The summed E-state index contributed by atoms with van der Waals surface area (Å²) in [6.45, 7) is 0. The van der Waals surface area contributed by atoms with Crippen LogP contribution in [-0.2, 0) is 6.42 Å². The summed E-state index contributed by atoms with van der Waals surface area (Å²) in [4.78, 5) is 0. The van der Waals surface area contributed by atoms with E-state index in [4.69, 9.17) is 34.8 Å². The highest BCUT2D eigenvalue weighted by Gasteiger charge is 2.04.